The van der Waals surface area contributed by atoms with Gasteiger partial charge in [-0.05, 0) is 37.6 Å². The first-order valence-corrected chi connectivity index (χ1v) is 10.2. The Hall–Kier alpha value is -4.33. The van der Waals surface area contributed by atoms with E-state index in [1.165, 1.54) is 6.33 Å². The Bertz CT molecular complexity index is 1380. The Morgan fingerprint density at radius 3 is 2.59 bits per heavy atom. The lowest BCUT2D eigenvalue weighted by molar-refractivity contribution is 0.0941. The van der Waals surface area contributed by atoms with Gasteiger partial charge in [-0.1, -0.05) is 47.6 Å². The van der Waals surface area contributed by atoms with Gasteiger partial charge in [0, 0.05) is 5.56 Å². The van der Waals surface area contributed by atoms with Crippen LogP contribution in [0.15, 0.2) is 77.8 Å². The van der Waals surface area contributed by atoms with Gasteiger partial charge in [-0.3, -0.25) is 4.79 Å². The molecule has 2 aromatic carbocycles. The SMILES string of the molecule is Cc1noc2nc(-c3ccccc3)cc(C(=O)NC(C)c3ccc(-n4cncn4)cc3)c12. The quantitative estimate of drug-likeness (QED) is 0.452. The Morgan fingerprint density at radius 2 is 1.88 bits per heavy atom. The molecular weight excluding hydrogens is 404 g/mol. The topological polar surface area (TPSA) is 98.7 Å². The Balaban J connectivity index is 1.44. The number of hydrogen-bond acceptors (Lipinski definition) is 6. The summed E-state index contributed by atoms with van der Waals surface area (Å²) in [7, 11) is 0. The largest absolute Gasteiger partial charge is 0.345 e. The summed E-state index contributed by atoms with van der Waals surface area (Å²) in [5, 5.41) is 11.8. The van der Waals surface area contributed by atoms with Gasteiger partial charge in [0.05, 0.1) is 34.1 Å². The van der Waals surface area contributed by atoms with E-state index in [4.69, 9.17) is 4.52 Å². The monoisotopic (exact) mass is 424 g/mol. The van der Waals surface area contributed by atoms with Crippen molar-refractivity contribution < 1.29 is 9.32 Å². The molecule has 0 saturated heterocycles. The third-order valence-corrected chi connectivity index (χ3v) is 5.36. The first-order valence-electron chi connectivity index (χ1n) is 10.2. The smallest absolute Gasteiger partial charge is 0.259 e. The Labute approximate surface area is 183 Å². The fourth-order valence-electron chi connectivity index (χ4n) is 3.65. The van der Waals surface area contributed by atoms with Crippen LogP contribution in [0.1, 0.15) is 34.6 Å². The molecule has 0 saturated carbocycles. The minimum atomic E-state index is -0.214. The molecule has 1 atom stereocenters. The number of fused-ring (bicyclic) bond motifs is 1. The molecule has 0 aliphatic heterocycles. The molecular formula is C24H20N6O2. The van der Waals surface area contributed by atoms with Crippen molar-refractivity contribution in [3.63, 3.8) is 0 Å². The van der Waals surface area contributed by atoms with E-state index >= 15 is 0 Å². The van der Waals surface area contributed by atoms with Crippen LogP contribution in [-0.4, -0.2) is 30.8 Å². The zero-order chi connectivity index (χ0) is 22.1. The number of nitrogens with one attached hydrogen (secondary N) is 1. The Kier molecular flexibility index (Phi) is 4.95. The van der Waals surface area contributed by atoms with Crippen molar-refractivity contribution in [2.24, 2.45) is 0 Å². The number of carbonyl (C=O) groups excluding carboxylic acids is 1. The van der Waals surface area contributed by atoms with Crippen molar-refractivity contribution in [2.75, 3.05) is 0 Å². The predicted molar refractivity (Wildman–Crippen MR) is 119 cm³/mol. The highest BCUT2D eigenvalue weighted by molar-refractivity contribution is 6.07. The molecule has 0 bridgehead atoms. The molecule has 8 heteroatoms. The van der Waals surface area contributed by atoms with Crippen molar-refractivity contribution in [1.29, 1.82) is 0 Å². The molecule has 158 valence electrons. The number of carbonyl (C=O) groups is 1. The summed E-state index contributed by atoms with van der Waals surface area (Å²) in [6.07, 6.45) is 3.13. The molecule has 3 heterocycles. The van der Waals surface area contributed by atoms with Crippen molar-refractivity contribution >= 4 is 17.0 Å². The van der Waals surface area contributed by atoms with E-state index in [9.17, 15) is 4.79 Å². The molecule has 5 rings (SSSR count). The summed E-state index contributed by atoms with van der Waals surface area (Å²) in [6.45, 7) is 3.75. The van der Waals surface area contributed by atoms with Crippen LogP contribution in [0.2, 0.25) is 0 Å². The van der Waals surface area contributed by atoms with Crippen LogP contribution < -0.4 is 5.32 Å². The molecule has 1 unspecified atom stereocenters. The minimum Gasteiger partial charge on any atom is -0.345 e. The van der Waals surface area contributed by atoms with Gasteiger partial charge in [-0.2, -0.15) is 5.10 Å². The van der Waals surface area contributed by atoms with Crippen LogP contribution in [0.5, 0.6) is 0 Å². The number of benzene rings is 2. The van der Waals surface area contributed by atoms with Crippen LogP contribution in [0, 0.1) is 6.92 Å². The van der Waals surface area contributed by atoms with Gasteiger partial charge in [-0.25, -0.2) is 14.6 Å². The molecule has 3 aromatic heterocycles. The van der Waals surface area contributed by atoms with Crippen LogP contribution in [0.25, 0.3) is 28.0 Å². The molecule has 5 aromatic rings. The first-order chi connectivity index (χ1) is 15.6. The second-order valence-electron chi connectivity index (χ2n) is 7.50. The van der Waals surface area contributed by atoms with Crippen LogP contribution in [0.4, 0.5) is 0 Å². The second-order valence-corrected chi connectivity index (χ2v) is 7.50. The van der Waals surface area contributed by atoms with Gasteiger partial charge >= 0.3 is 0 Å². The third kappa shape index (κ3) is 3.62. The highest BCUT2D eigenvalue weighted by Crippen LogP contribution is 2.27. The maximum Gasteiger partial charge on any atom is 0.259 e. The lowest BCUT2D eigenvalue weighted by Gasteiger charge is -2.16. The first kappa shape index (κ1) is 19.6. The molecule has 0 aliphatic carbocycles. The van der Waals surface area contributed by atoms with E-state index in [0.717, 1.165) is 16.8 Å². The average molecular weight is 424 g/mol. The average Bonchev–Trinajstić information content (AvgIpc) is 3.50. The molecule has 0 spiro atoms. The Morgan fingerprint density at radius 1 is 1.09 bits per heavy atom. The standard InChI is InChI=1S/C24H20N6O2/c1-15(17-8-10-19(11-9-17)30-14-25-13-26-30)27-23(31)20-12-21(18-6-4-3-5-7-18)28-24-22(20)16(2)29-32-24/h3-15H,1-2H3,(H,27,31). The van der Waals surface area contributed by atoms with Crippen molar-refractivity contribution in [3.05, 3.63) is 90.1 Å². The molecule has 8 nitrogen and oxygen atoms in total. The summed E-state index contributed by atoms with van der Waals surface area (Å²) >= 11 is 0. The molecule has 0 radical (unpaired) electrons. The van der Waals surface area contributed by atoms with Gasteiger partial charge in [0.2, 0.25) is 0 Å². The number of nitrogens with zero attached hydrogens (tertiary/aromatic N) is 5. The summed E-state index contributed by atoms with van der Waals surface area (Å²) in [5.41, 5.74) is 4.88. The van der Waals surface area contributed by atoms with Gasteiger partial charge in [-0.15, -0.1) is 0 Å². The summed E-state index contributed by atoms with van der Waals surface area (Å²) < 4.78 is 7.07. The van der Waals surface area contributed by atoms with E-state index in [0.29, 0.717) is 28.1 Å². The molecule has 0 aliphatic rings. The number of pyridine rings is 1. The zero-order valence-electron chi connectivity index (χ0n) is 17.6. The lowest BCUT2D eigenvalue weighted by Crippen LogP contribution is -2.27. The van der Waals surface area contributed by atoms with Crippen molar-refractivity contribution in [1.82, 2.24) is 30.2 Å². The van der Waals surface area contributed by atoms with E-state index in [1.807, 2.05) is 61.5 Å². The predicted octanol–water partition coefficient (Wildman–Crippen LogP) is 4.27. The molecule has 1 amide bonds. The molecule has 0 fully saturated rings. The summed E-state index contributed by atoms with van der Waals surface area (Å²) in [4.78, 5) is 21.8. The van der Waals surface area contributed by atoms with Crippen LogP contribution in [-0.2, 0) is 0 Å². The van der Waals surface area contributed by atoms with Gasteiger partial charge < -0.3 is 9.84 Å². The molecule has 1 N–H and O–H groups in total. The lowest BCUT2D eigenvalue weighted by atomic mass is 10.0. The third-order valence-electron chi connectivity index (χ3n) is 5.36. The maximum absolute atomic E-state index is 13.3. The van der Waals surface area contributed by atoms with E-state index in [2.05, 4.69) is 25.5 Å². The number of rotatable bonds is 5. The zero-order valence-corrected chi connectivity index (χ0v) is 17.6. The fraction of sp³-hybridized carbons (Fsp3) is 0.125. The summed E-state index contributed by atoms with van der Waals surface area (Å²) in [5.74, 6) is -0.214. The van der Waals surface area contributed by atoms with Crippen LogP contribution >= 0.6 is 0 Å². The van der Waals surface area contributed by atoms with Gasteiger partial charge in [0.1, 0.15) is 12.7 Å². The second kappa shape index (κ2) is 8.07. The van der Waals surface area contributed by atoms with Crippen LogP contribution in [0.3, 0.4) is 0 Å². The van der Waals surface area contributed by atoms with E-state index in [-0.39, 0.29) is 11.9 Å². The maximum atomic E-state index is 13.3. The van der Waals surface area contributed by atoms with E-state index in [1.54, 1.807) is 24.0 Å². The van der Waals surface area contributed by atoms with Gasteiger partial charge in [0.15, 0.2) is 0 Å². The van der Waals surface area contributed by atoms with Crippen molar-refractivity contribution in [3.8, 4) is 16.9 Å². The number of aromatic nitrogens is 5. The molecule has 32 heavy (non-hydrogen) atoms. The minimum absolute atomic E-state index is 0.212. The number of aryl methyl sites for hydroxylation is 1. The van der Waals surface area contributed by atoms with E-state index < -0.39 is 0 Å². The summed E-state index contributed by atoms with van der Waals surface area (Å²) in [6, 6.07) is 19.1. The fourth-order valence-corrected chi connectivity index (χ4v) is 3.65. The number of hydrogen-bond donors (Lipinski definition) is 1. The highest BCUT2D eigenvalue weighted by atomic mass is 16.5. The highest BCUT2D eigenvalue weighted by Gasteiger charge is 2.21. The normalized spacial score (nSPS) is 12.1. The van der Waals surface area contributed by atoms with Gasteiger partial charge in [0.25, 0.3) is 11.6 Å². The van der Waals surface area contributed by atoms with Crippen molar-refractivity contribution in [2.45, 2.75) is 19.9 Å². The number of amides is 1.